The maximum Gasteiger partial charge on any atom is 0.0796 e. The van der Waals surface area contributed by atoms with E-state index in [9.17, 15) is 5.11 Å². The van der Waals surface area contributed by atoms with Crippen molar-refractivity contribution in [1.82, 2.24) is 5.32 Å². The van der Waals surface area contributed by atoms with E-state index in [4.69, 9.17) is 0 Å². The number of nitrogens with one attached hydrogen (secondary N) is 1. The van der Waals surface area contributed by atoms with E-state index in [0.29, 0.717) is 0 Å². The molecule has 3 rings (SSSR count). The lowest BCUT2D eigenvalue weighted by Gasteiger charge is -2.24. The Morgan fingerprint density at radius 3 is 2.65 bits per heavy atom. The first-order chi connectivity index (χ1) is 9.84. The zero-order valence-electron chi connectivity index (χ0n) is 11.9. The molecule has 1 atom stereocenters. The number of hydrogen-bond donors (Lipinski definition) is 2. The van der Waals surface area contributed by atoms with Gasteiger partial charge in [-0.1, -0.05) is 42.5 Å². The van der Waals surface area contributed by atoms with Gasteiger partial charge in [-0.05, 0) is 61.0 Å². The van der Waals surface area contributed by atoms with Crippen molar-refractivity contribution in [2.75, 3.05) is 13.1 Å². The fraction of sp³-hybridized carbons (Fsp3) is 0.444. The van der Waals surface area contributed by atoms with Crippen LogP contribution in [0.1, 0.15) is 37.4 Å². The van der Waals surface area contributed by atoms with Gasteiger partial charge in [0.15, 0.2) is 0 Å². The van der Waals surface area contributed by atoms with Crippen LogP contribution in [0.3, 0.4) is 0 Å². The second-order valence-corrected chi connectivity index (χ2v) is 5.85. The normalized spacial score (nSPS) is 18.2. The molecule has 2 aromatic rings. The van der Waals surface area contributed by atoms with Gasteiger partial charge < -0.3 is 10.4 Å². The second-order valence-electron chi connectivity index (χ2n) is 5.85. The molecule has 1 unspecified atom stereocenters. The zero-order chi connectivity index (χ0) is 13.8. The minimum Gasteiger partial charge on any atom is -0.388 e. The van der Waals surface area contributed by atoms with Crippen molar-refractivity contribution in [2.45, 2.75) is 31.8 Å². The predicted octanol–water partition coefficient (Wildman–Crippen LogP) is 3.65. The van der Waals surface area contributed by atoms with Crippen LogP contribution in [0.2, 0.25) is 0 Å². The molecule has 2 heteroatoms. The van der Waals surface area contributed by atoms with Gasteiger partial charge in [-0.15, -0.1) is 0 Å². The van der Waals surface area contributed by atoms with Gasteiger partial charge in [-0.3, -0.25) is 0 Å². The van der Waals surface area contributed by atoms with Crippen LogP contribution < -0.4 is 5.32 Å². The molecule has 1 aliphatic rings. The maximum absolute atomic E-state index is 10.5. The molecule has 1 aliphatic heterocycles. The SMILES string of the molecule is OC(CCC1CCNCC1)c1cccc2ccccc12. The molecule has 2 aromatic carbocycles. The van der Waals surface area contributed by atoms with Gasteiger partial charge >= 0.3 is 0 Å². The number of fused-ring (bicyclic) bond motifs is 1. The molecule has 0 radical (unpaired) electrons. The molecule has 1 saturated heterocycles. The smallest absolute Gasteiger partial charge is 0.0796 e. The van der Waals surface area contributed by atoms with Crippen LogP contribution in [0.25, 0.3) is 10.8 Å². The number of aliphatic hydroxyl groups excluding tert-OH is 1. The number of piperidine rings is 1. The highest BCUT2D eigenvalue weighted by Gasteiger charge is 2.16. The molecule has 0 aromatic heterocycles. The third kappa shape index (κ3) is 3.02. The first-order valence-corrected chi connectivity index (χ1v) is 7.71. The van der Waals surface area contributed by atoms with Crippen LogP contribution in [0.4, 0.5) is 0 Å². The van der Waals surface area contributed by atoms with Gasteiger partial charge in [-0.2, -0.15) is 0 Å². The van der Waals surface area contributed by atoms with E-state index in [1.165, 1.54) is 23.6 Å². The van der Waals surface area contributed by atoms with Gasteiger partial charge in [0.2, 0.25) is 0 Å². The Labute approximate surface area is 120 Å². The predicted molar refractivity (Wildman–Crippen MR) is 83.7 cm³/mol. The molecule has 0 spiro atoms. The van der Waals surface area contributed by atoms with Crippen molar-refractivity contribution >= 4 is 10.8 Å². The highest BCUT2D eigenvalue weighted by atomic mass is 16.3. The zero-order valence-corrected chi connectivity index (χ0v) is 11.9. The van der Waals surface area contributed by atoms with E-state index >= 15 is 0 Å². The van der Waals surface area contributed by atoms with Crippen molar-refractivity contribution in [3.8, 4) is 0 Å². The molecule has 0 bridgehead atoms. The largest absolute Gasteiger partial charge is 0.388 e. The van der Waals surface area contributed by atoms with Crippen LogP contribution in [-0.2, 0) is 0 Å². The average Bonchev–Trinajstić information content (AvgIpc) is 2.53. The van der Waals surface area contributed by atoms with Gasteiger partial charge in [0.25, 0.3) is 0 Å². The summed E-state index contributed by atoms with van der Waals surface area (Å²) < 4.78 is 0. The maximum atomic E-state index is 10.5. The lowest BCUT2D eigenvalue weighted by molar-refractivity contribution is 0.154. The lowest BCUT2D eigenvalue weighted by atomic mass is 9.89. The van der Waals surface area contributed by atoms with Crippen LogP contribution in [0.15, 0.2) is 42.5 Å². The van der Waals surface area contributed by atoms with E-state index in [1.807, 2.05) is 18.2 Å². The number of hydrogen-bond acceptors (Lipinski definition) is 2. The Kier molecular flexibility index (Phi) is 4.34. The van der Waals surface area contributed by atoms with Gasteiger partial charge in [0, 0.05) is 0 Å². The van der Waals surface area contributed by atoms with E-state index in [0.717, 1.165) is 37.4 Å². The van der Waals surface area contributed by atoms with Crippen molar-refractivity contribution in [1.29, 1.82) is 0 Å². The molecule has 2 N–H and O–H groups in total. The Morgan fingerprint density at radius 2 is 1.80 bits per heavy atom. The summed E-state index contributed by atoms with van der Waals surface area (Å²) in [5.74, 6) is 0.779. The summed E-state index contributed by atoms with van der Waals surface area (Å²) in [5.41, 5.74) is 1.08. The Morgan fingerprint density at radius 1 is 1.05 bits per heavy atom. The van der Waals surface area contributed by atoms with Crippen molar-refractivity contribution in [3.63, 3.8) is 0 Å². The van der Waals surface area contributed by atoms with Gasteiger partial charge in [0.1, 0.15) is 0 Å². The molecule has 106 valence electrons. The molecule has 0 amide bonds. The third-order valence-electron chi connectivity index (χ3n) is 4.49. The summed E-state index contributed by atoms with van der Waals surface area (Å²) in [5, 5.41) is 16.3. The van der Waals surface area contributed by atoms with E-state index in [-0.39, 0.29) is 6.10 Å². The van der Waals surface area contributed by atoms with Gasteiger partial charge in [0.05, 0.1) is 6.10 Å². The summed E-state index contributed by atoms with van der Waals surface area (Å²) in [6.07, 6.45) is 4.17. The van der Waals surface area contributed by atoms with Crippen LogP contribution >= 0.6 is 0 Å². The highest BCUT2D eigenvalue weighted by Crippen LogP contribution is 2.29. The third-order valence-corrected chi connectivity index (χ3v) is 4.49. The molecule has 20 heavy (non-hydrogen) atoms. The van der Waals surface area contributed by atoms with Crippen molar-refractivity contribution < 1.29 is 5.11 Å². The van der Waals surface area contributed by atoms with Crippen LogP contribution in [0.5, 0.6) is 0 Å². The van der Waals surface area contributed by atoms with E-state index < -0.39 is 0 Å². The molecule has 1 fully saturated rings. The number of aliphatic hydroxyl groups is 1. The van der Waals surface area contributed by atoms with Gasteiger partial charge in [-0.25, -0.2) is 0 Å². The summed E-state index contributed by atoms with van der Waals surface area (Å²) >= 11 is 0. The molecule has 1 heterocycles. The molecule has 0 saturated carbocycles. The summed E-state index contributed by atoms with van der Waals surface area (Å²) in [6.45, 7) is 2.27. The van der Waals surface area contributed by atoms with Crippen molar-refractivity contribution in [3.05, 3.63) is 48.0 Å². The quantitative estimate of drug-likeness (QED) is 0.888. The fourth-order valence-corrected chi connectivity index (χ4v) is 3.26. The lowest BCUT2D eigenvalue weighted by Crippen LogP contribution is -2.27. The molecule has 2 nitrogen and oxygen atoms in total. The second kappa shape index (κ2) is 6.38. The number of benzene rings is 2. The van der Waals surface area contributed by atoms with E-state index in [1.54, 1.807) is 0 Å². The number of rotatable bonds is 4. The first kappa shape index (κ1) is 13.6. The van der Waals surface area contributed by atoms with Crippen molar-refractivity contribution in [2.24, 2.45) is 5.92 Å². The Balaban J connectivity index is 1.70. The fourth-order valence-electron chi connectivity index (χ4n) is 3.26. The highest BCUT2D eigenvalue weighted by molar-refractivity contribution is 5.85. The monoisotopic (exact) mass is 269 g/mol. The Hall–Kier alpha value is -1.38. The Bertz CT molecular complexity index is 555. The first-order valence-electron chi connectivity index (χ1n) is 7.71. The average molecular weight is 269 g/mol. The topological polar surface area (TPSA) is 32.3 Å². The van der Waals surface area contributed by atoms with Crippen LogP contribution in [-0.4, -0.2) is 18.2 Å². The standard InChI is InChI=1S/C18H23NO/c20-18(9-8-14-10-12-19-13-11-14)17-7-3-5-15-4-1-2-6-16(15)17/h1-7,14,18-20H,8-13H2. The van der Waals surface area contributed by atoms with E-state index in [2.05, 4.69) is 29.6 Å². The molecular weight excluding hydrogens is 246 g/mol. The summed E-state index contributed by atoms with van der Waals surface area (Å²) in [4.78, 5) is 0. The molecular formula is C18H23NO. The minimum atomic E-state index is -0.337. The minimum absolute atomic E-state index is 0.337. The molecule has 0 aliphatic carbocycles. The summed E-state index contributed by atoms with van der Waals surface area (Å²) in [7, 11) is 0. The summed E-state index contributed by atoms with van der Waals surface area (Å²) in [6, 6.07) is 14.5. The van der Waals surface area contributed by atoms with Crippen LogP contribution in [0, 0.1) is 5.92 Å².